The third-order valence-electron chi connectivity index (χ3n) is 3.01. The van der Waals surface area contributed by atoms with E-state index in [1.165, 1.54) is 5.56 Å². The van der Waals surface area contributed by atoms with Gasteiger partial charge in [-0.15, -0.1) is 0 Å². The molecule has 1 heterocycles. The van der Waals surface area contributed by atoms with Gasteiger partial charge in [0.25, 0.3) is 0 Å². The number of aryl methyl sites for hydroxylation is 1. The van der Waals surface area contributed by atoms with Crippen LogP contribution in [0.5, 0.6) is 11.6 Å². The molecule has 2 aromatic rings. The van der Waals surface area contributed by atoms with Crippen LogP contribution in [-0.4, -0.2) is 10.1 Å². The van der Waals surface area contributed by atoms with Crippen LogP contribution < -0.4 is 4.74 Å². The van der Waals surface area contributed by atoms with Crippen LogP contribution in [0.2, 0.25) is 0 Å². The lowest BCUT2D eigenvalue weighted by atomic mass is 10.1. The van der Waals surface area contributed by atoms with Crippen LogP contribution in [0.15, 0.2) is 36.5 Å². The normalized spacial score (nSPS) is 12.2. The summed E-state index contributed by atoms with van der Waals surface area (Å²) in [6, 6.07) is 9.45. The highest BCUT2D eigenvalue weighted by molar-refractivity contribution is 5.40. The first-order valence-corrected chi connectivity index (χ1v) is 5.96. The maximum absolute atomic E-state index is 9.53. The third kappa shape index (κ3) is 2.68. The average molecular weight is 243 g/mol. The molecule has 0 bridgehead atoms. The van der Waals surface area contributed by atoms with E-state index in [2.05, 4.69) is 4.98 Å². The van der Waals surface area contributed by atoms with E-state index in [1.807, 2.05) is 32.0 Å². The SMILES string of the molecule is Cc1cccc(Oc2cc(C(C)O)ccn2)c1C. The number of rotatable bonds is 3. The number of benzene rings is 1. The minimum atomic E-state index is -0.519. The van der Waals surface area contributed by atoms with Crippen LogP contribution in [0.4, 0.5) is 0 Å². The third-order valence-corrected chi connectivity index (χ3v) is 3.01. The summed E-state index contributed by atoms with van der Waals surface area (Å²) in [6.07, 6.45) is 1.12. The van der Waals surface area contributed by atoms with Gasteiger partial charge in [0.1, 0.15) is 5.75 Å². The monoisotopic (exact) mass is 243 g/mol. The molecule has 1 unspecified atom stereocenters. The Hall–Kier alpha value is -1.87. The molecule has 18 heavy (non-hydrogen) atoms. The van der Waals surface area contributed by atoms with Crippen molar-refractivity contribution in [3.8, 4) is 11.6 Å². The fraction of sp³-hybridized carbons (Fsp3) is 0.267. The van der Waals surface area contributed by atoms with Crippen molar-refractivity contribution in [3.05, 3.63) is 53.2 Å². The Morgan fingerprint density at radius 1 is 1.22 bits per heavy atom. The van der Waals surface area contributed by atoms with Crippen LogP contribution in [0, 0.1) is 13.8 Å². The van der Waals surface area contributed by atoms with Crippen LogP contribution in [0.1, 0.15) is 29.7 Å². The number of nitrogens with zero attached hydrogens (tertiary/aromatic N) is 1. The first-order valence-electron chi connectivity index (χ1n) is 5.96. The molecule has 1 N–H and O–H groups in total. The van der Waals surface area contributed by atoms with Gasteiger partial charge >= 0.3 is 0 Å². The summed E-state index contributed by atoms with van der Waals surface area (Å²) in [7, 11) is 0. The minimum Gasteiger partial charge on any atom is -0.439 e. The molecule has 0 fully saturated rings. The second kappa shape index (κ2) is 5.19. The fourth-order valence-electron chi connectivity index (χ4n) is 1.69. The number of aromatic nitrogens is 1. The Morgan fingerprint density at radius 2 is 2.00 bits per heavy atom. The number of hydrogen-bond donors (Lipinski definition) is 1. The number of aliphatic hydroxyl groups excluding tert-OH is 1. The van der Waals surface area contributed by atoms with Crippen molar-refractivity contribution in [1.29, 1.82) is 0 Å². The Labute approximate surface area is 107 Å². The van der Waals surface area contributed by atoms with Crippen LogP contribution >= 0.6 is 0 Å². The van der Waals surface area contributed by atoms with E-state index in [1.54, 1.807) is 25.3 Å². The molecular weight excluding hydrogens is 226 g/mol. The minimum absolute atomic E-state index is 0.502. The van der Waals surface area contributed by atoms with Gasteiger partial charge in [0.15, 0.2) is 0 Å². The maximum Gasteiger partial charge on any atom is 0.219 e. The second-order valence-corrected chi connectivity index (χ2v) is 4.40. The van der Waals surface area contributed by atoms with Gasteiger partial charge in [-0.05, 0) is 49.6 Å². The van der Waals surface area contributed by atoms with Gasteiger partial charge in [-0.25, -0.2) is 4.98 Å². The fourth-order valence-corrected chi connectivity index (χ4v) is 1.69. The lowest BCUT2D eigenvalue weighted by Crippen LogP contribution is -1.95. The van der Waals surface area contributed by atoms with Crippen LogP contribution in [-0.2, 0) is 0 Å². The molecule has 0 aliphatic heterocycles. The van der Waals surface area contributed by atoms with E-state index in [9.17, 15) is 5.11 Å². The molecule has 0 aliphatic rings. The number of pyridine rings is 1. The Kier molecular flexibility index (Phi) is 3.63. The lowest BCUT2D eigenvalue weighted by molar-refractivity contribution is 0.198. The predicted octanol–water partition coefficient (Wildman–Crippen LogP) is 3.54. The summed E-state index contributed by atoms with van der Waals surface area (Å²) in [6.45, 7) is 5.78. The van der Waals surface area contributed by atoms with Crippen molar-refractivity contribution in [3.63, 3.8) is 0 Å². The molecular formula is C15H17NO2. The van der Waals surface area contributed by atoms with Gasteiger partial charge < -0.3 is 9.84 Å². The van der Waals surface area contributed by atoms with E-state index < -0.39 is 6.10 Å². The summed E-state index contributed by atoms with van der Waals surface area (Å²) in [5.41, 5.74) is 3.08. The highest BCUT2D eigenvalue weighted by atomic mass is 16.5. The first kappa shape index (κ1) is 12.6. The van der Waals surface area contributed by atoms with Crippen molar-refractivity contribution < 1.29 is 9.84 Å². The van der Waals surface area contributed by atoms with Gasteiger partial charge in [0.05, 0.1) is 6.10 Å². The molecule has 0 radical (unpaired) electrons. The zero-order valence-electron chi connectivity index (χ0n) is 10.8. The standard InChI is InChI=1S/C15H17NO2/c1-10-5-4-6-14(11(10)2)18-15-9-13(12(3)17)7-8-16-15/h4-9,12,17H,1-3H3. The molecule has 0 aliphatic carbocycles. The van der Waals surface area contributed by atoms with E-state index in [0.29, 0.717) is 5.88 Å². The summed E-state index contributed by atoms with van der Waals surface area (Å²) >= 11 is 0. The molecule has 0 saturated carbocycles. The quantitative estimate of drug-likeness (QED) is 0.896. The largest absolute Gasteiger partial charge is 0.439 e. The van der Waals surface area contributed by atoms with Crippen molar-refractivity contribution in [2.45, 2.75) is 26.9 Å². The molecule has 94 valence electrons. The molecule has 2 rings (SSSR count). The zero-order chi connectivity index (χ0) is 13.1. The summed E-state index contributed by atoms with van der Waals surface area (Å²) in [5.74, 6) is 1.30. The van der Waals surface area contributed by atoms with Gasteiger partial charge in [-0.2, -0.15) is 0 Å². The molecule has 1 aromatic carbocycles. The highest BCUT2D eigenvalue weighted by Crippen LogP contribution is 2.26. The maximum atomic E-state index is 9.53. The van der Waals surface area contributed by atoms with E-state index in [-0.39, 0.29) is 0 Å². The smallest absolute Gasteiger partial charge is 0.219 e. The number of ether oxygens (including phenoxy) is 1. The molecule has 3 nitrogen and oxygen atoms in total. The van der Waals surface area contributed by atoms with Gasteiger partial charge in [-0.3, -0.25) is 0 Å². The lowest BCUT2D eigenvalue weighted by Gasteiger charge is -2.11. The van der Waals surface area contributed by atoms with E-state index in [4.69, 9.17) is 4.74 Å². The summed E-state index contributed by atoms with van der Waals surface area (Å²) in [5, 5.41) is 9.53. The molecule has 1 aromatic heterocycles. The van der Waals surface area contributed by atoms with Crippen molar-refractivity contribution in [1.82, 2.24) is 4.98 Å². The topological polar surface area (TPSA) is 42.4 Å². The highest BCUT2D eigenvalue weighted by Gasteiger charge is 2.07. The first-order chi connectivity index (χ1) is 8.58. The molecule has 3 heteroatoms. The van der Waals surface area contributed by atoms with Gasteiger partial charge in [0.2, 0.25) is 5.88 Å². The number of aliphatic hydroxyl groups is 1. The number of hydrogen-bond acceptors (Lipinski definition) is 3. The molecule has 0 amide bonds. The van der Waals surface area contributed by atoms with Crippen LogP contribution in [0.3, 0.4) is 0 Å². The second-order valence-electron chi connectivity index (χ2n) is 4.40. The van der Waals surface area contributed by atoms with E-state index >= 15 is 0 Å². The van der Waals surface area contributed by atoms with E-state index in [0.717, 1.165) is 16.9 Å². The van der Waals surface area contributed by atoms with Crippen molar-refractivity contribution in [2.24, 2.45) is 0 Å². The average Bonchev–Trinajstić information content (AvgIpc) is 2.35. The summed E-state index contributed by atoms with van der Waals surface area (Å²) < 4.78 is 5.76. The Balaban J connectivity index is 2.28. The van der Waals surface area contributed by atoms with Crippen molar-refractivity contribution in [2.75, 3.05) is 0 Å². The van der Waals surface area contributed by atoms with Crippen LogP contribution in [0.25, 0.3) is 0 Å². The van der Waals surface area contributed by atoms with Gasteiger partial charge in [0, 0.05) is 12.3 Å². The zero-order valence-corrected chi connectivity index (χ0v) is 10.8. The molecule has 0 saturated heterocycles. The van der Waals surface area contributed by atoms with Gasteiger partial charge in [-0.1, -0.05) is 12.1 Å². The molecule has 1 atom stereocenters. The molecule has 0 spiro atoms. The predicted molar refractivity (Wildman–Crippen MR) is 70.9 cm³/mol. The van der Waals surface area contributed by atoms with Crippen molar-refractivity contribution >= 4 is 0 Å². The summed E-state index contributed by atoms with van der Waals surface area (Å²) in [4.78, 5) is 4.15. The Morgan fingerprint density at radius 3 is 2.72 bits per heavy atom. The Bertz CT molecular complexity index is 550.